The molecule has 2 aliphatic rings. The van der Waals surface area contributed by atoms with Gasteiger partial charge in [-0.3, -0.25) is 0 Å². The van der Waals surface area contributed by atoms with E-state index in [4.69, 9.17) is 0 Å². The van der Waals surface area contributed by atoms with Crippen molar-refractivity contribution in [2.75, 3.05) is 4.90 Å². The summed E-state index contributed by atoms with van der Waals surface area (Å²) in [5, 5.41) is 0. The SMILES string of the molecule is c1ccc2c(c1)-c1ccccc1N1c3ccccc3-c3cc[nH]c3C21. The monoisotopic (exact) mass is 320 g/mol. The Morgan fingerprint density at radius 1 is 0.600 bits per heavy atom. The number of hydrogen-bond acceptors (Lipinski definition) is 1. The number of para-hydroxylation sites is 2. The van der Waals surface area contributed by atoms with Gasteiger partial charge in [-0.05, 0) is 29.3 Å². The van der Waals surface area contributed by atoms with Gasteiger partial charge in [0.25, 0.3) is 0 Å². The van der Waals surface area contributed by atoms with E-state index in [9.17, 15) is 0 Å². The zero-order valence-corrected chi connectivity index (χ0v) is 13.6. The molecule has 1 unspecified atom stereocenters. The van der Waals surface area contributed by atoms with Gasteiger partial charge in [0.15, 0.2) is 0 Å². The number of nitrogens with zero attached hydrogens (tertiary/aromatic N) is 1. The Labute approximate surface area is 146 Å². The number of benzene rings is 3. The van der Waals surface area contributed by atoms with Gasteiger partial charge in [-0.25, -0.2) is 0 Å². The predicted molar refractivity (Wildman–Crippen MR) is 102 cm³/mol. The zero-order chi connectivity index (χ0) is 16.4. The number of rotatable bonds is 0. The average Bonchev–Trinajstić information content (AvgIpc) is 3.17. The van der Waals surface area contributed by atoms with Crippen LogP contribution in [-0.4, -0.2) is 4.98 Å². The summed E-state index contributed by atoms with van der Waals surface area (Å²) in [6.45, 7) is 0. The fraction of sp³-hybridized carbons (Fsp3) is 0.0435. The van der Waals surface area contributed by atoms with E-state index in [2.05, 4.69) is 94.9 Å². The number of H-pyrrole nitrogens is 1. The Kier molecular flexibility index (Phi) is 2.43. The summed E-state index contributed by atoms with van der Waals surface area (Å²) in [5.74, 6) is 0. The number of fused-ring (bicyclic) bond motifs is 11. The van der Waals surface area contributed by atoms with Crippen LogP contribution in [0.5, 0.6) is 0 Å². The first-order valence-electron chi connectivity index (χ1n) is 8.68. The molecule has 4 aromatic rings. The number of hydrogen-bond donors (Lipinski definition) is 1. The zero-order valence-electron chi connectivity index (χ0n) is 13.6. The molecule has 3 aromatic carbocycles. The maximum Gasteiger partial charge on any atom is 0.101 e. The minimum Gasteiger partial charge on any atom is -0.362 e. The fourth-order valence-corrected chi connectivity index (χ4v) is 4.48. The summed E-state index contributed by atoms with van der Waals surface area (Å²) in [6.07, 6.45) is 2.06. The van der Waals surface area contributed by atoms with Gasteiger partial charge in [-0.2, -0.15) is 0 Å². The van der Waals surface area contributed by atoms with Gasteiger partial charge in [0, 0.05) is 28.6 Å². The molecular weight excluding hydrogens is 304 g/mol. The van der Waals surface area contributed by atoms with Crippen LogP contribution in [0.2, 0.25) is 0 Å². The molecule has 0 spiro atoms. The molecule has 2 heteroatoms. The van der Waals surface area contributed by atoms with Crippen molar-refractivity contribution >= 4 is 11.4 Å². The predicted octanol–water partition coefficient (Wildman–Crippen LogP) is 5.90. The van der Waals surface area contributed by atoms with Gasteiger partial charge in [0.1, 0.15) is 6.04 Å². The third-order valence-electron chi connectivity index (χ3n) is 5.47. The maximum atomic E-state index is 3.53. The van der Waals surface area contributed by atoms with Crippen molar-refractivity contribution in [2.45, 2.75) is 6.04 Å². The lowest BCUT2D eigenvalue weighted by atomic mass is 9.81. The van der Waals surface area contributed by atoms with Crippen LogP contribution in [0.25, 0.3) is 22.3 Å². The van der Waals surface area contributed by atoms with E-state index < -0.39 is 0 Å². The van der Waals surface area contributed by atoms with E-state index in [1.165, 1.54) is 44.9 Å². The molecule has 0 aliphatic carbocycles. The normalized spacial score (nSPS) is 16.3. The first kappa shape index (κ1) is 13.1. The van der Waals surface area contributed by atoms with Gasteiger partial charge in [-0.1, -0.05) is 60.7 Å². The molecule has 0 fully saturated rings. The molecule has 2 aliphatic heterocycles. The van der Waals surface area contributed by atoms with Crippen LogP contribution in [0, 0.1) is 0 Å². The Balaban J connectivity index is 1.77. The van der Waals surface area contributed by atoms with Crippen molar-refractivity contribution in [2.24, 2.45) is 0 Å². The highest BCUT2D eigenvalue weighted by Crippen LogP contribution is 2.56. The fourth-order valence-electron chi connectivity index (χ4n) is 4.48. The highest BCUT2D eigenvalue weighted by atomic mass is 15.2. The quantitative estimate of drug-likeness (QED) is 0.427. The summed E-state index contributed by atoms with van der Waals surface area (Å²) in [7, 11) is 0. The molecule has 1 N–H and O–H groups in total. The van der Waals surface area contributed by atoms with Crippen molar-refractivity contribution in [1.82, 2.24) is 4.98 Å². The molecule has 0 bridgehead atoms. The van der Waals surface area contributed by atoms with E-state index in [-0.39, 0.29) is 6.04 Å². The molecule has 3 heterocycles. The molecule has 0 saturated heterocycles. The van der Waals surface area contributed by atoms with E-state index in [0.29, 0.717) is 0 Å². The van der Waals surface area contributed by atoms with Crippen LogP contribution in [-0.2, 0) is 0 Å². The first-order chi connectivity index (χ1) is 12.4. The van der Waals surface area contributed by atoms with E-state index >= 15 is 0 Å². The van der Waals surface area contributed by atoms with Gasteiger partial charge < -0.3 is 9.88 Å². The third-order valence-corrected chi connectivity index (χ3v) is 5.47. The van der Waals surface area contributed by atoms with E-state index in [0.717, 1.165) is 0 Å². The van der Waals surface area contributed by atoms with Crippen molar-refractivity contribution < 1.29 is 0 Å². The lowest BCUT2D eigenvalue weighted by Crippen LogP contribution is -2.32. The van der Waals surface area contributed by atoms with Crippen LogP contribution >= 0.6 is 0 Å². The minimum absolute atomic E-state index is 0.186. The number of nitrogens with one attached hydrogen (secondary N) is 1. The van der Waals surface area contributed by atoms with Gasteiger partial charge in [-0.15, -0.1) is 0 Å². The highest BCUT2D eigenvalue weighted by molar-refractivity contribution is 5.96. The largest absolute Gasteiger partial charge is 0.362 e. The average molecular weight is 320 g/mol. The molecule has 25 heavy (non-hydrogen) atoms. The highest BCUT2D eigenvalue weighted by Gasteiger charge is 2.38. The molecule has 0 amide bonds. The summed E-state index contributed by atoms with van der Waals surface area (Å²) >= 11 is 0. The molecule has 1 aromatic heterocycles. The topological polar surface area (TPSA) is 19.0 Å². The van der Waals surface area contributed by atoms with Crippen molar-refractivity contribution in [1.29, 1.82) is 0 Å². The lowest BCUT2D eigenvalue weighted by molar-refractivity contribution is 0.779. The second-order valence-corrected chi connectivity index (χ2v) is 6.70. The lowest BCUT2D eigenvalue weighted by Gasteiger charge is -2.43. The van der Waals surface area contributed by atoms with Crippen LogP contribution in [0.3, 0.4) is 0 Å². The molecule has 6 rings (SSSR count). The maximum absolute atomic E-state index is 3.53. The summed E-state index contributed by atoms with van der Waals surface area (Å²) in [6, 6.07) is 28.6. The Morgan fingerprint density at radius 3 is 1.96 bits per heavy atom. The summed E-state index contributed by atoms with van der Waals surface area (Å²) < 4.78 is 0. The van der Waals surface area contributed by atoms with Gasteiger partial charge in [0.05, 0.1) is 11.4 Å². The summed E-state index contributed by atoms with van der Waals surface area (Å²) in [4.78, 5) is 6.02. The second kappa shape index (κ2) is 4.64. The van der Waals surface area contributed by atoms with Crippen LogP contribution in [0.15, 0.2) is 85.1 Å². The minimum atomic E-state index is 0.186. The van der Waals surface area contributed by atoms with E-state index in [1.54, 1.807) is 0 Å². The smallest absolute Gasteiger partial charge is 0.101 e. The molecule has 1 atom stereocenters. The number of aromatic nitrogens is 1. The molecule has 0 saturated carbocycles. The second-order valence-electron chi connectivity index (χ2n) is 6.70. The molecule has 118 valence electrons. The number of aromatic amines is 1. The van der Waals surface area contributed by atoms with Crippen LogP contribution in [0.1, 0.15) is 17.3 Å². The Bertz CT molecular complexity index is 1120. The van der Waals surface area contributed by atoms with Crippen molar-refractivity contribution in [3.8, 4) is 22.3 Å². The first-order valence-corrected chi connectivity index (χ1v) is 8.68. The van der Waals surface area contributed by atoms with Gasteiger partial charge >= 0.3 is 0 Å². The molecule has 2 nitrogen and oxygen atoms in total. The Morgan fingerprint density at radius 2 is 1.20 bits per heavy atom. The van der Waals surface area contributed by atoms with Crippen LogP contribution < -0.4 is 4.90 Å². The molecule has 0 radical (unpaired) electrons. The van der Waals surface area contributed by atoms with E-state index in [1.807, 2.05) is 0 Å². The van der Waals surface area contributed by atoms with Crippen LogP contribution in [0.4, 0.5) is 11.4 Å². The Hall–Kier alpha value is -3.26. The molecular formula is C23H16N2. The van der Waals surface area contributed by atoms with Crippen molar-refractivity contribution in [3.63, 3.8) is 0 Å². The third kappa shape index (κ3) is 1.59. The summed E-state index contributed by atoms with van der Waals surface area (Å²) in [5.41, 5.74) is 10.4. The number of anilines is 2. The standard InChI is InChI=1S/C23H16N2/c1-2-10-19-15(7-1)16-8-3-5-11-20(16)25-21-12-6-4-9-17(21)18-13-14-24-22(18)23(19)25/h1-14,23-24H. The van der Waals surface area contributed by atoms with Gasteiger partial charge in [0.2, 0.25) is 0 Å². The van der Waals surface area contributed by atoms with Crippen molar-refractivity contribution in [3.05, 3.63) is 96.3 Å².